The van der Waals surface area contributed by atoms with Crippen molar-refractivity contribution in [1.29, 1.82) is 0 Å². The van der Waals surface area contributed by atoms with Crippen LogP contribution in [0.3, 0.4) is 0 Å². The van der Waals surface area contributed by atoms with Crippen LogP contribution in [0.1, 0.15) is 19.8 Å². The Morgan fingerprint density at radius 3 is 1.70 bits per heavy atom. The van der Waals surface area contributed by atoms with Crippen molar-refractivity contribution in [2.24, 2.45) is 0 Å². The summed E-state index contributed by atoms with van der Waals surface area (Å²) in [4.78, 5) is 0. The van der Waals surface area contributed by atoms with Gasteiger partial charge in [-0.2, -0.15) is 30.7 Å². The molecule has 0 amide bonds. The van der Waals surface area contributed by atoms with Crippen LogP contribution in [0.25, 0.3) is 0 Å². The lowest BCUT2D eigenvalue weighted by molar-refractivity contribution is -0.447. The zero-order valence-electron chi connectivity index (χ0n) is 11.5. The van der Waals surface area contributed by atoms with Gasteiger partial charge in [0.2, 0.25) is 0 Å². The first-order valence-electron chi connectivity index (χ1n) is 6.02. The van der Waals surface area contributed by atoms with Crippen molar-refractivity contribution in [3.63, 3.8) is 0 Å². The number of ether oxygens (including phenoxy) is 1. The van der Waals surface area contributed by atoms with Gasteiger partial charge < -0.3 is 9.84 Å². The zero-order chi connectivity index (χ0) is 18.9. The number of halogens is 10. The van der Waals surface area contributed by atoms with Gasteiger partial charge in [-0.15, -0.1) is 0 Å². The summed E-state index contributed by atoms with van der Waals surface area (Å²) >= 11 is 0. The number of aliphatic hydroxyl groups excluding tert-OH is 1. The van der Waals surface area contributed by atoms with E-state index in [1.165, 1.54) is 0 Å². The summed E-state index contributed by atoms with van der Waals surface area (Å²) in [5.41, 5.74) is -6.73. The van der Waals surface area contributed by atoms with Gasteiger partial charge in [0.1, 0.15) is 0 Å². The maximum atomic E-state index is 14.1. The normalized spacial score (nSPS) is 18.7. The monoisotopic (exact) mass is 367 g/mol. The maximum absolute atomic E-state index is 14.1. The van der Waals surface area contributed by atoms with E-state index in [1.807, 2.05) is 0 Å². The van der Waals surface area contributed by atoms with E-state index >= 15 is 0 Å². The predicted molar refractivity (Wildman–Crippen MR) is 57.0 cm³/mol. The molecule has 0 aliphatic rings. The second-order valence-electron chi connectivity index (χ2n) is 4.67. The fourth-order valence-corrected chi connectivity index (χ4v) is 1.61. The fourth-order valence-electron chi connectivity index (χ4n) is 1.61. The van der Waals surface area contributed by atoms with Crippen LogP contribution in [0.15, 0.2) is 0 Å². The minimum absolute atomic E-state index is 0.832. The lowest BCUT2D eigenvalue weighted by atomic mass is 9.85. The van der Waals surface area contributed by atoms with Crippen molar-refractivity contribution in [1.82, 2.24) is 0 Å². The average Bonchev–Trinajstić information content (AvgIpc) is 2.33. The summed E-state index contributed by atoms with van der Waals surface area (Å²) in [6.07, 6.45) is -18.3. The number of aliphatic hydroxyl groups is 1. The Morgan fingerprint density at radius 1 is 0.957 bits per heavy atom. The summed E-state index contributed by atoms with van der Waals surface area (Å²) in [5, 5.41) is 8.56. The van der Waals surface area contributed by atoms with E-state index in [2.05, 4.69) is 11.7 Å². The summed E-state index contributed by atoms with van der Waals surface area (Å²) in [7, 11) is 0. The topological polar surface area (TPSA) is 29.5 Å². The molecule has 1 N–H and O–H groups in total. The second-order valence-corrected chi connectivity index (χ2v) is 4.67. The molecule has 0 bridgehead atoms. The summed E-state index contributed by atoms with van der Waals surface area (Å²) in [6, 6.07) is 0. The molecule has 2 nitrogen and oxygen atoms in total. The molecular weight excluding hydrogens is 354 g/mol. The molecule has 0 fully saturated rings. The first-order valence-corrected chi connectivity index (χ1v) is 6.02. The predicted octanol–water partition coefficient (Wildman–Crippen LogP) is 4.13. The Bertz CT molecular complexity index is 393. The average molecular weight is 367 g/mol. The molecule has 0 heterocycles. The summed E-state index contributed by atoms with van der Waals surface area (Å²) in [6.45, 7) is 1.69. The smallest absolute Gasteiger partial charge is 0.391 e. The summed E-state index contributed by atoms with van der Waals surface area (Å²) < 4.78 is 134. The molecule has 2 unspecified atom stereocenters. The van der Waals surface area contributed by atoms with Gasteiger partial charge in [-0.3, -0.25) is 0 Å². The Morgan fingerprint density at radius 2 is 1.39 bits per heavy atom. The van der Waals surface area contributed by atoms with Gasteiger partial charge in [-0.05, 0) is 6.92 Å². The molecule has 139 valence electrons. The van der Waals surface area contributed by atoms with Gasteiger partial charge in [0.25, 0.3) is 5.92 Å². The highest BCUT2D eigenvalue weighted by Gasteiger charge is 2.89. The molecule has 23 heavy (non-hydrogen) atoms. The van der Waals surface area contributed by atoms with Crippen LogP contribution in [-0.4, -0.2) is 47.6 Å². The Labute approximate surface area is 124 Å². The standard InChI is InChI=1S/C11H13F10O2/c1-3-4-7(12,13)8(14,9(15,16)10(17,18)19)11(20,21)23-5-6(2)22/h6,22H,2-5H2,1H3. The third kappa shape index (κ3) is 3.83. The minimum atomic E-state index is -7.14. The number of alkyl halides is 10. The van der Waals surface area contributed by atoms with Crippen molar-refractivity contribution in [3.8, 4) is 0 Å². The third-order valence-corrected chi connectivity index (χ3v) is 2.71. The van der Waals surface area contributed by atoms with Crippen molar-refractivity contribution in [2.45, 2.75) is 55.7 Å². The van der Waals surface area contributed by atoms with Crippen LogP contribution in [0.4, 0.5) is 43.9 Å². The third-order valence-electron chi connectivity index (χ3n) is 2.71. The van der Waals surface area contributed by atoms with E-state index in [0.717, 1.165) is 6.92 Å². The second kappa shape index (κ2) is 6.61. The molecule has 12 heteroatoms. The van der Waals surface area contributed by atoms with Gasteiger partial charge in [-0.25, -0.2) is 13.2 Å². The van der Waals surface area contributed by atoms with Crippen molar-refractivity contribution < 1.29 is 53.7 Å². The number of hydrogen-bond donors (Lipinski definition) is 1. The molecule has 0 aliphatic heterocycles. The van der Waals surface area contributed by atoms with Crippen molar-refractivity contribution >= 4 is 0 Å². The van der Waals surface area contributed by atoms with Gasteiger partial charge in [0, 0.05) is 6.42 Å². The van der Waals surface area contributed by atoms with E-state index in [1.54, 1.807) is 0 Å². The highest BCUT2D eigenvalue weighted by Crippen LogP contribution is 2.59. The fraction of sp³-hybridized carbons (Fsp3) is 0.909. The Hall–Kier alpha value is -0.780. The van der Waals surface area contributed by atoms with E-state index in [-0.39, 0.29) is 0 Å². The zero-order valence-corrected chi connectivity index (χ0v) is 11.5. The van der Waals surface area contributed by atoms with E-state index in [0.29, 0.717) is 0 Å². The number of hydrogen-bond acceptors (Lipinski definition) is 2. The first-order chi connectivity index (χ1) is 9.98. The van der Waals surface area contributed by atoms with Crippen LogP contribution in [0.2, 0.25) is 0 Å². The highest BCUT2D eigenvalue weighted by atomic mass is 19.4. The van der Waals surface area contributed by atoms with E-state index in [9.17, 15) is 43.9 Å². The molecule has 0 saturated carbocycles. The molecule has 0 aromatic heterocycles. The van der Waals surface area contributed by atoms with Crippen LogP contribution >= 0.6 is 0 Å². The van der Waals surface area contributed by atoms with Crippen LogP contribution in [-0.2, 0) is 4.74 Å². The molecule has 0 aromatic carbocycles. The van der Waals surface area contributed by atoms with Crippen LogP contribution in [0.5, 0.6) is 0 Å². The van der Waals surface area contributed by atoms with Crippen LogP contribution in [0, 0.1) is 6.92 Å². The van der Waals surface area contributed by atoms with E-state index in [4.69, 9.17) is 5.11 Å². The quantitative estimate of drug-likeness (QED) is 0.654. The van der Waals surface area contributed by atoms with Crippen molar-refractivity contribution in [2.75, 3.05) is 6.61 Å². The molecule has 0 aromatic rings. The Kier molecular flexibility index (Phi) is 6.39. The molecule has 0 saturated heterocycles. The highest BCUT2D eigenvalue weighted by molar-refractivity contribution is 5.12. The van der Waals surface area contributed by atoms with Gasteiger partial charge in [0.05, 0.1) is 12.7 Å². The number of rotatable bonds is 8. The van der Waals surface area contributed by atoms with Crippen LogP contribution < -0.4 is 0 Å². The molecule has 0 aliphatic carbocycles. The summed E-state index contributed by atoms with van der Waals surface area (Å²) in [5.74, 6) is -12.9. The SMILES string of the molecule is [CH2]C(O)COC(F)(F)C(F)(C(F)(F)CCC)C(F)(F)C(F)(F)F. The minimum Gasteiger partial charge on any atom is -0.391 e. The Balaban J connectivity index is 6.22. The molecular formula is C11H13F10O2. The van der Waals surface area contributed by atoms with Crippen molar-refractivity contribution in [3.05, 3.63) is 6.92 Å². The molecule has 1 radical (unpaired) electrons. The lowest BCUT2D eigenvalue weighted by Crippen LogP contribution is -2.72. The van der Waals surface area contributed by atoms with Gasteiger partial charge in [0.15, 0.2) is 0 Å². The lowest BCUT2D eigenvalue weighted by Gasteiger charge is -2.43. The van der Waals surface area contributed by atoms with E-state index < -0.39 is 55.4 Å². The molecule has 2 atom stereocenters. The van der Waals surface area contributed by atoms with Gasteiger partial charge >= 0.3 is 23.9 Å². The maximum Gasteiger partial charge on any atom is 0.457 e. The first kappa shape index (κ1) is 22.2. The molecule has 0 spiro atoms. The molecule has 0 rings (SSSR count). The van der Waals surface area contributed by atoms with Gasteiger partial charge in [-0.1, -0.05) is 13.3 Å². The largest absolute Gasteiger partial charge is 0.457 e.